The van der Waals surface area contributed by atoms with E-state index in [4.69, 9.17) is 0 Å². The zero-order chi connectivity index (χ0) is 14.8. The summed E-state index contributed by atoms with van der Waals surface area (Å²) in [7, 11) is -3.80. The molecule has 0 spiro atoms. The average molecular weight is 364 g/mol. The highest BCUT2D eigenvalue weighted by molar-refractivity contribution is 9.10. The molecule has 1 saturated carbocycles. The Morgan fingerprint density at radius 2 is 1.95 bits per heavy atom. The van der Waals surface area contributed by atoms with E-state index in [1.54, 1.807) is 0 Å². The van der Waals surface area contributed by atoms with Gasteiger partial charge < -0.3 is 0 Å². The Hall–Kier alpha value is -0.460. The van der Waals surface area contributed by atoms with Gasteiger partial charge in [0.2, 0.25) is 10.0 Å². The molecular formula is C14H19BrFNO2S. The van der Waals surface area contributed by atoms with Gasteiger partial charge in [0.1, 0.15) is 10.7 Å². The van der Waals surface area contributed by atoms with Crippen LogP contribution in [0.25, 0.3) is 0 Å². The van der Waals surface area contributed by atoms with Crippen LogP contribution in [0.3, 0.4) is 0 Å². The van der Waals surface area contributed by atoms with E-state index in [0.717, 1.165) is 25.7 Å². The summed E-state index contributed by atoms with van der Waals surface area (Å²) in [5.41, 5.74) is 0. The first kappa shape index (κ1) is 15.9. The molecule has 1 aliphatic carbocycles. The fourth-order valence-electron chi connectivity index (χ4n) is 2.73. The van der Waals surface area contributed by atoms with E-state index in [1.165, 1.54) is 24.6 Å². The maximum Gasteiger partial charge on any atom is 0.243 e. The third-order valence-corrected chi connectivity index (χ3v) is 5.97. The van der Waals surface area contributed by atoms with Crippen molar-refractivity contribution >= 4 is 26.0 Å². The van der Waals surface area contributed by atoms with E-state index >= 15 is 0 Å². The molecule has 1 aromatic rings. The van der Waals surface area contributed by atoms with Gasteiger partial charge in [-0.05, 0) is 43.9 Å². The summed E-state index contributed by atoms with van der Waals surface area (Å²) < 4.78 is 41.4. The van der Waals surface area contributed by atoms with Gasteiger partial charge in [-0.2, -0.15) is 0 Å². The third kappa shape index (κ3) is 3.80. The smallest absolute Gasteiger partial charge is 0.208 e. The fourth-order valence-corrected chi connectivity index (χ4v) is 4.44. The third-order valence-electron chi connectivity index (χ3n) is 3.88. The van der Waals surface area contributed by atoms with Crippen molar-refractivity contribution in [2.75, 3.05) is 0 Å². The van der Waals surface area contributed by atoms with Gasteiger partial charge in [0.25, 0.3) is 0 Å². The van der Waals surface area contributed by atoms with E-state index in [2.05, 4.69) is 20.7 Å². The molecule has 1 fully saturated rings. The molecular weight excluding hydrogens is 345 g/mol. The summed E-state index contributed by atoms with van der Waals surface area (Å²) in [6, 6.07) is 3.82. The lowest BCUT2D eigenvalue weighted by Crippen LogP contribution is -2.39. The number of rotatable bonds is 4. The predicted molar refractivity (Wildman–Crippen MR) is 80.5 cm³/mol. The summed E-state index contributed by atoms with van der Waals surface area (Å²) in [5.74, 6) is -0.389. The highest BCUT2D eigenvalue weighted by Crippen LogP contribution is 2.27. The molecule has 0 radical (unpaired) electrons. The number of benzene rings is 1. The molecule has 1 aliphatic rings. The van der Waals surface area contributed by atoms with Crippen molar-refractivity contribution in [1.29, 1.82) is 0 Å². The first-order valence-electron chi connectivity index (χ1n) is 6.87. The second-order valence-electron chi connectivity index (χ2n) is 5.38. The Morgan fingerprint density at radius 1 is 1.30 bits per heavy atom. The lowest BCUT2D eigenvalue weighted by molar-refractivity contribution is 0.303. The van der Waals surface area contributed by atoms with Gasteiger partial charge in [-0.3, -0.25) is 0 Å². The molecule has 0 amide bonds. The molecule has 0 aliphatic heterocycles. The van der Waals surface area contributed by atoms with Crippen LogP contribution in [0.2, 0.25) is 0 Å². The normalized spacial score (nSPS) is 18.9. The summed E-state index contributed by atoms with van der Waals surface area (Å²) >= 11 is 3.12. The topological polar surface area (TPSA) is 46.2 Å². The second-order valence-corrected chi connectivity index (χ2v) is 7.98. The highest BCUT2D eigenvalue weighted by Gasteiger charge is 2.26. The minimum absolute atomic E-state index is 0.164. The standard InChI is InChI=1S/C14H19BrFNO2S/c1-10(11-5-3-2-4-6-11)17-20(18,19)14-8-7-12(15)9-13(14)16/h7-11,17H,2-6H2,1H3. The minimum Gasteiger partial charge on any atom is -0.208 e. The Bertz CT molecular complexity index is 571. The first-order chi connectivity index (χ1) is 9.40. The maximum atomic E-state index is 13.8. The molecule has 0 aromatic heterocycles. The predicted octanol–water partition coefficient (Wildman–Crippen LogP) is 3.84. The van der Waals surface area contributed by atoms with E-state index in [9.17, 15) is 12.8 Å². The summed E-state index contributed by atoms with van der Waals surface area (Å²) in [5, 5.41) is 0. The number of halogens is 2. The van der Waals surface area contributed by atoms with Gasteiger partial charge in [0.05, 0.1) is 0 Å². The zero-order valence-electron chi connectivity index (χ0n) is 11.4. The SMILES string of the molecule is CC(NS(=O)(=O)c1ccc(Br)cc1F)C1CCCCC1. The number of hydrogen-bond donors (Lipinski definition) is 1. The molecule has 112 valence electrons. The lowest BCUT2D eigenvalue weighted by Gasteiger charge is -2.28. The summed E-state index contributed by atoms with van der Waals surface area (Å²) in [6.45, 7) is 1.87. The Kier molecular flexibility index (Phi) is 5.20. The van der Waals surface area contributed by atoms with Crippen LogP contribution in [0.4, 0.5) is 4.39 Å². The van der Waals surface area contributed by atoms with Gasteiger partial charge in [-0.15, -0.1) is 0 Å². The molecule has 0 heterocycles. The van der Waals surface area contributed by atoms with E-state index in [-0.39, 0.29) is 10.9 Å². The fraction of sp³-hybridized carbons (Fsp3) is 0.571. The van der Waals surface area contributed by atoms with Crippen LogP contribution in [-0.4, -0.2) is 14.5 Å². The zero-order valence-corrected chi connectivity index (χ0v) is 13.8. The van der Waals surface area contributed by atoms with Crippen molar-refractivity contribution < 1.29 is 12.8 Å². The van der Waals surface area contributed by atoms with Crippen molar-refractivity contribution in [3.8, 4) is 0 Å². The molecule has 0 bridgehead atoms. The van der Waals surface area contributed by atoms with Crippen LogP contribution in [0.1, 0.15) is 39.0 Å². The largest absolute Gasteiger partial charge is 0.243 e. The molecule has 1 aromatic carbocycles. The molecule has 1 atom stereocenters. The number of nitrogens with one attached hydrogen (secondary N) is 1. The molecule has 1 unspecified atom stereocenters. The Balaban J connectivity index is 2.13. The van der Waals surface area contributed by atoms with Gasteiger partial charge in [-0.25, -0.2) is 17.5 Å². The van der Waals surface area contributed by atoms with Gasteiger partial charge >= 0.3 is 0 Å². The lowest BCUT2D eigenvalue weighted by atomic mass is 9.85. The quantitative estimate of drug-likeness (QED) is 0.883. The Labute approximate surface area is 128 Å². The maximum absolute atomic E-state index is 13.8. The summed E-state index contributed by atoms with van der Waals surface area (Å²) in [6.07, 6.45) is 5.57. The van der Waals surface area contributed by atoms with Crippen molar-refractivity contribution in [2.45, 2.75) is 50.0 Å². The molecule has 20 heavy (non-hydrogen) atoms. The molecule has 3 nitrogen and oxygen atoms in total. The Morgan fingerprint density at radius 3 is 2.55 bits per heavy atom. The van der Waals surface area contributed by atoms with Gasteiger partial charge in [-0.1, -0.05) is 35.2 Å². The van der Waals surface area contributed by atoms with E-state index < -0.39 is 15.8 Å². The highest BCUT2D eigenvalue weighted by atomic mass is 79.9. The monoisotopic (exact) mass is 363 g/mol. The van der Waals surface area contributed by atoms with Crippen LogP contribution in [0, 0.1) is 11.7 Å². The van der Waals surface area contributed by atoms with E-state index in [0.29, 0.717) is 10.4 Å². The van der Waals surface area contributed by atoms with Gasteiger partial charge in [0.15, 0.2) is 0 Å². The molecule has 0 saturated heterocycles. The minimum atomic E-state index is -3.80. The molecule has 1 N–H and O–H groups in total. The number of sulfonamides is 1. The van der Waals surface area contributed by atoms with Crippen LogP contribution >= 0.6 is 15.9 Å². The molecule has 6 heteroatoms. The summed E-state index contributed by atoms with van der Waals surface area (Å²) in [4.78, 5) is -0.289. The van der Waals surface area contributed by atoms with Gasteiger partial charge in [0, 0.05) is 10.5 Å². The van der Waals surface area contributed by atoms with Crippen molar-refractivity contribution in [1.82, 2.24) is 4.72 Å². The first-order valence-corrected chi connectivity index (χ1v) is 9.15. The average Bonchev–Trinajstić information content (AvgIpc) is 2.38. The van der Waals surface area contributed by atoms with Crippen LogP contribution in [0.15, 0.2) is 27.6 Å². The second kappa shape index (κ2) is 6.54. The van der Waals surface area contributed by atoms with Crippen LogP contribution < -0.4 is 4.72 Å². The van der Waals surface area contributed by atoms with Crippen LogP contribution in [0.5, 0.6) is 0 Å². The van der Waals surface area contributed by atoms with E-state index in [1.807, 2.05) is 6.92 Å². The number of hydrogen-bond acceptors (Lipinski definition) is 2. The van der Waals surface area contributed by atoms with Crippen molar-refractivity contribution in [3.05, 3.63) is 28.5 Å². The van der Waals surface area contributed by atoms with Crippen LogP contribution in [-0.2, 0) is 10.0 Å². The molecule has 2 rings (SSSR count). The van der Waals surface area contributed by atoms with Crippen molar-refractivity contribution in [2.24, 2.45) is 5.92 Å². The van der Waals surface area contributed by atoms with Crippen molar-refractivity contribution in [3.63, 3.8) is 0 Å².